The summed E-state index contributed by atoms with van der Waals surface area (Å²) in [4.78, 5) is 16.1. The van der Waals surface area contributed by atoms with Crippen molar-refractivity contribution in [1.82, 2.24) is 14.9 Å². The minimum absolute atomic E-state index is 0.0178. The first-order valence-electron chi connectivity index (χ1n) is 7.34. The van der Waals surface area contributed by atoms with E-state index in [1.54, 1.807) is 18.6 Å². The summed E-state index contributed by atoms with van der Waals surface area (Å²) >= 11 is 12.2. The number of amides is 1. The molecule has 1 amide bonds. The second-order valence-corrected chi connectivity index (χ2v) is 6.32. The molecule has 1 N–H and O–H groups in total. The Morgan fingerprint density at radius 3 is 3.05 bits per heavy atom. The summed E-state index contributed by atoms with van der Waals surface area (Å²) < 4.78 is 2.00. The van der Waals surface area contributed by atoms with Crippen LogP contribution in [0.1, 0.15) is 24.3 Å². The highest BCUT2D eigenvalue weighted by atomic mass is 35.5. The summed E-state index contributed by atoms with van der Waals surface area (Å²) in [6, 6.07) is 5.59. The van der Waals surface area contributed by atoms with Gasteiger partial charge in [0.2, 0.25) is 5.91 Å². The molecule has 4 nitrogen and oxygen atoms in total. The van der Waals surface area contributed by atoms with E-state index in [0.717, 1.165) is 24.9 Å². The molecule has 1 saturated carbocycles. The van der Waals surface area contributed by atoms with Gasteiger partial charge in [-0.3, -0.25) is 4.79 Å². The van der Waals surface area contributed by atoms with Crippen molar-refractivity contribution in [2.24, 2.45) is 5.92 Å². The third kappa shape index (κ3) is 3.45. The van der Waals surface area contributed by atoms with Crippen molar-refractivity contribution in [3.63, 3.8) is 0 Å². The van der Waals surface area contributed by atoms with Crippen molar-refractivity contribution in [1.29, 1.82) is 0 Å². The van der Waals surface area contributed by atoms with Gasteiger partial charge >= 0.3 is 0 Å². The van der Waals surface area contributed by atoms with Gasteiger partial charge in [0, 0.05) is 31.4 Å². The van der Waals surface area contributed by atoms with E-state index in [9.17, 15) is 4.79 Å². The Morgan fingerprint density at radius 2 is 2.27 bits per heavy atom. The first kappa shape index (κ1) is 15.4. The van der Waals surface area contributed by atoms with Crippen LogP contribution in [0.5, 0.6) is 0 Å². The fraction of sp³-hybridized carbons (Fsp3) is 0.375. The van der Waals surface area contributed by atoms with Gasteiger partial charge in [0.25, 0.3) is 0 Å². The second-order valence-electron chi connectivity index (χ2n) is 5.54. The number of aromatic nitrogens is 2. The van der Waals surface area contributed by atoms with Crippen molar-refractivity contribution in [2.75, 3.05) is 6.54 Å². The highest BCUT2D eigenvalue weighted by Crippen LogP contribution is 2.50. The zero-order valence-corrected chi connectivity index (χ0v) is 13.5. The minimum atomic E-state index is 0.0178. The van der Waals surface area contributed by atoms with Gasteiger partial charge in [-0.2, -0.15) is 0 Å². The van der Waals surface area contributed by atoms with Gasteiger partial charge in [0.15, 0.2) is 0 Å². The van der Waals surface area contributed by atoms with Crippen LogP contribution in [0.25, 0.3) is 0 Å². The molecule has 0 saturated heterocycles. The van der Waals surface area contributed by atoms with Crippen LogP contribution in [0, 0.1) is 5.92 Å². The maximum absolute atomic E-state index is 12.1. The van der Waals surface area contributed by atoms with Crippen molar-refractivity contribution in [3.8, 4) is 0 Å². The topological polar surface area (TPSA) is 46.9 Å². The molecule has 0 bridgehead atoms. The molecule has 2 atom stereocenters. The molecule has 0 spiro atoms. The molecular formula is C16H17Cl2N3O. The van der Waals surface area contributed by atoms with E-state index in [0.29, 0.717) is 16.6 Å². The molecule has 0 unspecified atom stereocenters. The quantitative estimate of drug-likeness (QED) is 0.820. The van der Waals surface area contributed by atoms with Crippen LogP contribution in [-0.2, 0) is 11.3 Å². The molecule has 22 heavy (non-hydrogen) atoms. The number of rotatable bonds is 6. The minimum Gasteiger partial charge on any atom is -0.356 e. The number of halogens is 2. The Hall–Kier alpha value is -1.52. The highest BCUT2D eigenvalue weighted by molar-refractivity contribution is 6.42. The van der Waals surface area contributed by atoms with Gasteiger partial charge in [-0.05, 0) is 30.4 Å². The molecule has 1 aromatic heterocycles. The Bertz CT molecular complexity index is 657. The Morgan fingerprint density at radius 1 is 1.41 bits per heavy atom. The number of carbonyl (C=O) groups is 1. The van der Waals surface area contributed by atoms with Crippen molar-refractivity contribution >= 4 is 29.1 Å². The van der Waals surface area contributed by atoms with E-state index in [1.807, 2.05) is 22.9 Å². The molecule has 6 heteroatoms. The van der Waals surface area contributed by atoms with E-state index >= 15 is 0 Å². The average Bonchev–Trinajstić information content (AvgIpc) is 3.13. The molecule has 116 valence electrons. The lowest BCUT2D eigenvalue weighted by Gasteiger charge is -2.07. The smallest absolute Gasteiger partial charge is 0.223 e. The molecule has 0 aliphatic heterocycles. The monoisotopic (exact) mass is 337 g/mol. The Labute approximate surface area is 139 Å². The third-order valence-electron chi connectivity index (χ3n) is 3.96. The van der Waals surface area contributed by atoms with E-state index in [4.69, 9.17) is 23.2 Å². The fourth-order valence-corrected chi connectivity index (χ4v) is 3.11. The third-order valence-corrected chi connectivity index (χ3v) is 4.79. The number of carbonyl (C=O) groups excluding carboxylic acids is 1. The van der Waals surface area contributed by atoms with Crippen molar-refractivity contribution < 1.29 is 4.79 Å². The van der Waals surface area contributed by atoms with Crippen molar-refractivity contribution in [2.45, 2.75) is 25.3 Å². The first-order chi connectivity index (χ1) is 10.7. The molecule has 0 radical (unpaired) electrons. The van der Waals surface area contributed by atoms with Crippen LogP contribution in [0.3, 0.4) is 0 Å². The molecule has 1 aromatic carbocycles. The summed E-state index contributed by atoms with van der Waals surface area (Å²) in [5.41, 5.74) is 0.979. The summed E-state index contributed by atoms with van der Waals surface area (Å²) in [5, 5.41) is 4.11. The molecular weight excluding hydrogens is 321 g/mol. The summed E-state index contributed by atoms with van der Waals surface area (Å²) in [5.74, 6) is 0.315. The van der Waals surface area contributed by atoms with Gasteiger partial charge in [0.1, 0.15) is 0 Å². The summed E-state index contributed by atoms with van der Waals surface area (Å²) in [7, 11) is 0. The SMILES string of the molecule is O=C(NCCCn1ccnc1)[C@H]1C[C@H]1c1cccc(Cl)c1Cl. The number of nitrogens with one attached hydrogen (secondary N) is 1. The number of hydrogen-bond acceptors (Lipinski definition) is 2. The highest BCUT2D eigenvalue weighted by Gasteiger charge is 2.44. The van der Waals surface area contributed by atoms with Crippen LogP contribution in [-0.4, -0.2) is 22.0 Å². The van der Waals surface area contributed by atoms with Crippen LogP contribution >= 0.6 is 23.2 Å². The number of benzene rings is 1. The summed E-state index contributed by atoms with van der Waals surface area (Å²) in [6.07, 6.45) is 7.17. The van der Waals surface area contributed by atoms with Gasteiger partial charge < -0.3 is 9.88 Å². The van der Waals surface area contributed by atoms with Gasteiger partial charge in [-0.1, -0.05) is 35.3 Å². The van der Waals surface area contributed by atoms with Crippen LogP contribution < -0.4 is 5.32 Å². The predicted octanol–water partition coefficient (Wildman–Crippen LogP) is 3.50. The molecule has 1 fully saturated rings. The number of imidazole rings is 1. The van der Waals surface area contributed by atoms with E-state index in [1.165, 1.54) is 0 Å². The van der Waals surface area contributed by atoms with E-state index in [-0.39, 0.29) is 17.7 Å². The zero-order valence-electron chi connectivity index (χ0n) is 12.0. The van der Waals surface area contributed by atoms with Crippen LogP contribution in [0.4, 0.5) is 0 Å². The lowest BCUT2D eigenvalue weighted by Crippen LogP contribution is -2.27. The Balaban J connectivity index is 1.45. The number of aryl methyl sites for hydroxylation is 1. The van der Waals surface area contributed by atoms with E-state index < -0.39 is 0 Å². The Kier molecular flexibility index (Phi) is 4.69. The fourth-order valence-electron chi connectivity index (χ4n) is 2.66. The molecule has 3 rings (SSSR count). The molecule has 1 aliphatic carbocycles. The number of hydrogen-bond donors (Lipinski definition) is 1. The molecule has 2 aromatic rings. The summed E-state index contributed by atoms with van der Waals surface area (Å²) in [6.45, 7) is 1.53. The predicted molar refractivity (Wildman–Crippen MR) is 87.2 cm³/mol. The van der Waals surface area contributed by atoms with Gasteiger partial charge in [-0.15, -0.1) is 0 Å². The zero-order chi connectivity index (χ0) is 15.5. The normalized spacial score (nSPS) is 19.9. The van der Waals surface area contributed by atoms with Gasteiger partial charge in [0.05, 0.1) is 16.4 Å². The molecule has 1 heterocycles. The standard InChI is InChI=1S/C16H17Cl2N3O/c17-14-4-1-3-11(15(14)18)12-9-13(12)16(22)20-5-2-7-21-8-6-19-10-21/h1,3-4,6,8,10,12-13H,2,5,7,9H2,(H,20,22)/t12-,13-/m0/s1. The largest absolute Gasteiger partial charge is 0.356 e. The number of nitrogens with zero attached hydrogens (tertiary/aromatic N) is 2. The van der Waals surface area contributed by atoms with Gasteiger partial charge in [-0.25, -0.2) is 4.98 Å². The van der Waals surface area contributed by atoms with E-state index in [2.05, 4.69) is 10.3 Å². The first-order valence-corrected chi connectivity index (χ1v) is 8.10. The average molecular weight is 338 g/mol. The maximum atomic E-state index is 12.1. The van der Waals surface area contributed by atoms with Crippen LogP contribution in [0.2, 0.25) is 10.0 Å². The van der Waals surface area contributed by atoms with Crippen LogP contribution in [0.15, 0.2) is 36.9 Å². The van der Waals surface area contributed by atoms with Crippen molar-refractivity contribution in [3.05, 3.63) is 52.5 Å². The molecule has 1 aliphatic rings. The maximum Gasteiger partial charge on any atom is 0.223 e. The lowest BCUT2D eigenvalue weighted by molar-refractivity contribution is -0.122. The second kappa shape index (κ2) is 6.71. The lowest BCUT2D eigenvalue weighted by atomic mass is 10.1.